The maximum atomic E-state index is 10.6. The van der Waals surface area contributed by atoms with Crippen LogP contribution in [-0.2, 0) is 9.53 Å². The molecule has 0 spiro atoms. The van der Waals surface area contributed by atoms with Gasteiger partial charge in [-0.2, -0.15) is 0 Å². The minimum Gasteiger partial charge on any atom is -0.466 e. The van der Waals surface area contributed by atoms with Gasteiger partial charge in [-0.05, 0) is 25.2 Å². The van der Waals surface area contributed by atoms with E-state index in [1.54, 1.807) is 0 Å². The maximum Gasteiger partial charge on any atom is 0.302 e. The van der Waals surface area contributed by atoms with E-state index in [9.17, 15) is 4.79 Å². The highest BCUT2D eigenvalue weighted by Gasteiger charge is 1.95. The van der Waals surface area contributed by atoms with Crippen molar-refractivity contribution in [2.45, 2.75) is 85.0 Å². The number of ether oxygens (including phenoxy) is 1. The number of hydrogen-bond donors (Lipinski definition) is 0. The van der Waals surface area contributed by atoms with Crippen LogP contribution >= 0.6 is 0 Å². The normalized spacial score (nSPS) is 12.8. The monoisotopic (exact) mass is 282 g/mol. The Balaban J connectivity index is 3.10. The number of allylic oxidation sites excluding steroid dienone is 2. The first-order chi connectivity index (χ1) is 9.66. The summed E-state index contributed by atoms with van der Waals surface area (Å²) in [5, 5.41) is 0. The van der Waals surface area contributed by atoms with E-state index in [0.29, 0.717) is 6.61 Å². The van der Waals surface area contributed by atoms with Gasteiger partial charge in [-0.1, -0.05) is 70.9 Å². The lowest BCUT2D eigenvalue weighted by atomic mass is 10.1. The van der Waals surface area contributed by atoms with Crippen LogP contribution < -0.4 is 0 Å². The molecule has 0 radical (unpaired) electrons. The Morgan fingerprint density at radius 1 is 1.00 bits per heavy atom. The number of rotatable bonds is 13. The first-order valence-electron chi connectivity index (χ1n) is 8.46. The molecule has 1 atom stereocenters. The van der Waals surface area contributed by atoms with Gasteiger partial charge in [0.25, 0.3) is 0 Å². The fraction of sp³-hybridized carbons (Fsp3) is 0.833. The highest BCUT2D eigenvalue weighted by atomic mass is 16.5. The molecule has 0 aromatic heterocycles. The average Bonchev–Trinajstić information content (AvgIpc) is 2.43. The van der Waals surface area contributed by atoms with E-state index in [1.165, 1.54) is 64.7 Å². The van der Waals surface area contributed by atoms with Gasteiger partial charge in [0.1, 0.15) is 0 Å². The van der Waals surface area contributed by atoms with Crippen LogP contribution in [0.25, 0.3) is 0 Å². The predicted molar refractivity (Wildman–Crippen MR) is 86.8 cm³/mol. The quantitative estimate of drug-likeness (QED) is 0.247. The Bertz CT molecular complexity index is 246. The number of carbonyl (C=O) groups excluding carboxylic acids is 1. The molecule has 1 unspecified atom stereocenters. The highest BCUT2D eigenvalue weighted by Crippen LogP contribution is 2.11. The van der Waals surface area contributed by atoms with Crippen molar-refractivity contribution in [1.29, 1.82) is 0 Å². The van der Waals surface area contributed by atoms with Crippen molar-refractivity contribution in [1.82, 2.24) is 0 Å². The summed E-state index contributed by atoms with van der Waals surface area (Å²) in [6.07, 6.45) is 17.4. The van der Waals surface area contributed by atoms with Gasteiger partial charge in [0.2, 0.25) is 0 Å². The zero-order chi connectivity index (χ0) is 15.1. The van der Waals surface area contributed by atoms with Crippen LogP contribution in [0.5, 0.6) is 0 Å². The summed E-state index contributed by atoms with van der Waals surface area (Å²) < 4.78 is 4.90. The van der Waals surface area contributed by atoms with E-state index >= 15 is 0 Å². The van der Waals surface area contributed by atoms with Gasteiger partial charge in [0.05, 0.1) is 6.61 Å². The molecule has 0 aliphatic heterocycles. The van der Waals surface area contributed by atoms with Gasteiger partial charge in [-0.15, -0.1) is 0 Å². The molecule has 0 heterocycles. The molecule has 0 bridgehead atoms. The van der Waals surface area contributed by atoms with Crippen LogP contribution in [-0.4, -0.2) is 12.6 Å². The highest BCUT2D eigenvalue weighted by molar-refractivity contribution is 5.65. The Labute approximate surface area is 126 Å². The number of unbranched alkanes of at least 4 members (excludes halogenated alkanes) is 8. The fourth-order valence-corrected chi connectivity index (χ4v) is 2.11. The molecule has 0 rings (SSSR count). The van der Waals surface area contributed by atoms with Crippen molar-refractivity contribution < 1.29 is 9.53 Å². The molecule has 2 nitrogen and oxygen atoms in total. The molecule has 2 heteroatoms. The summed E-state index contributed by atoms with van der Waals surface area (Å²) in [4.78, 5) is 10.6. The van der Waals surface area contributed by atoms with Crippen LogP contribution in [0.2, 0.25) is 0 Å². The van der Waals surface area contributed by atoms with Gasteiger partial charge in [0, 0.05) is 6.92 Å². The van der Waals surface area contributed by atoms with Crippen LogP contribution in [0.1, 0.15) is 85.0 Å². The largest absolute Gasteiger partial charge is 0.466 e. The summed E-state index contributed by atoms with van der Waals surface area (Å²) in [5.74, 6) is 0.578. The number of carbonyl (C=O) groups is 1. The summed E-state index contributed by atoms with van der Waals surface area (Å²) in [7, 11) is 0. The van der Waals surface area contributed by atoms with Crippen molar-refractivity contribution in [2.75, 3.05) is 6.61 Å². The standard InChI is InChI=1S/C18H34O2/c1-4-17(2)15-13-11-9-7-5-6-8-10-12-14-16-20-18(3)19/h13,15,17H,4-12,14,16H2,1-3H3/b15-13-. The molecule has 0 aliphatic rings. The van der Waals surface area contributed by atoms with Gasteiger partial charge >= 0.3 is 5.97 Å². The van der Waals surface area contributed by atoms with E-state index in [0.717, 1.165) is 12.3 Å². The molecule has 0 amide bonds. The van der Waals surface area contributed by atoms with Gasteiger partial charge < -0.3 is 4.74 Å². The molecular weight excluding hydrogens is 248 g/mol. The third-order valence-corrected chi connectivity index (χ3v) is 3.68. The van der Waals surface area contributed by atoms with Crippen LogP contribution in [0.3, 0.4) is 0 Å². The van der Waals surface area contributed by atoms with Crippen LogP contribution in [0, 0.1) is 5.92 Å². The minimum absolute atomic E-state index is 0.160. The van der Waals surface area contributed by atoms with E-state index < -0.39 is 0 Å². The molecule has 118 valence electrons. The van der Waals surface area contributed by atoms with Crippen molar-refractivity contribution in [3.05, 3.63) is 12.2 Å². The Morgan fingerprint density at radius 2 is 1.55 bits per heavy atom. The predicted octanol–water partition coefficient (Wildman–Crippen LogP) is 5.66. The molecular formula is C18H34O2. The number of esters is 1. The van der Waals surface area contributed by atoms with E-state index in [1.807, 2.05) is 0 Å². The molecule has 0 aromatic carbocycles. The lowest BCUT2D eigenvalue weighted by molar-refractivity contribution is -0.141. The second kappa shape index (κ2) is 14.6. The molecule has 0 saturated carbocycles. The third kappa shape index (κ3) is 15.3. The average molecular weight is 282 g/mol. The summed E-state index contributed by atoms with van der Waals surface area (Å²) in [5.41, 5.74) is 0. The summed E-state index contributed by atoms with van der Waals surface area (Å²) in [6, 6.07) is 0. The first-order valence-corrected chi connectivity index (χ1v) is 8.46. The molecule has 0 fully saturated rings. The van der Waals surface area contributed by atoms with E-state index in [-0.39, 0.29) is 5.97 Å². The third-order valence-electron chi connectivity index (χ3n) is 3.68. The second-order valence-electron chi connectivity index (χ2n) is 5.77. The SMILES string of the molecule is CCC(C)/C=C\CCCCCCCCCCOC(C)=O. The zero-order valence-corrected chi connectivity index (χ0v) is 13.8. The van der Waals surface area contributed by atoms with Gasteiger partial charge in [-0.3, -0.25) is 4.79 Å². The Kier molecular flexibility index (Phi) is 14.0. The molecule has 20 heavy (non-hydrogen) atoms. The fourth-order valence-electron chi connectivity index (χ4n) is 2.11. The molecule has 0 aromatic rings. The second-order valence-corrected chi connectivity index (χ2v) is 5.77. The van der Waals surface area contributed by atoms with E-state index in [4.69, 9.17) is 4.74 Å². The molecule has 0 saturated heterocycles. The molecule has 0 aliphatic carbocycles. The van der Waals surface area contributed by atoms with Crippen LogP contribution in [0.4, 0.5) is 0 Å². The summed E-state index contributed by atoms with van der Waals surface area (Å²) >= 11 is 0. The van der Waals surface area contributed by atoms with E-state index in [2.05, 4.69) is 26.0 Å². The smallest absolute Gasteiger partial charge is 0.302 e. The topological polar surface area (TPSA) is 26.3 Å². The Hall–Kier alpha value is -0.790. The lowest BCUT2D eigenvalue weighted by Crippen LogP contribution is -2.00. The number of hydrogen-bond acceptors (Lipinski definition) is 2. The zero-order valence-electron chi connectivity index (χ0n) is 13.8. The minimum atomic E-state index is -0.160. The first kappa shape index (κ1) is 19.2. The van der Waals surface area contributed by atoms with Crippen LogP contribution in [0.15, 0.2) is 12.2 Å². The van der Waals surface area contributed by atoms with Gasteiger partial charge in [-0.25, -0.2) is 0 Å². The molecule has 0 N–H and O–H groups in total. The van der Waals surface area contributed by atoms with Crippen molar-refractivity contribution in [3.8, 4) is 0 Å². The van der Waals surface area contributed by atoms with Crippen molar-refractivity contribution in [2.24, 2.45) is 5.92 Å². The Morgan fingerprint density at radius 3 is 2.10 bits per heavy atom. The maximum absolute atomic E-state index is 10.6. The van der Waals surface area contributed by atoms with Crippen molar-refractivity contribution >= 4 is 5.97 Å². The summed E-state index contributed by atoms with van der Waals surface area (Å²) in [6.45, 7) is 6.58. The van der Waals surface area contributed by atoms with Crippen molar-refractivity contribution in [3.63, 3.8) is 0 Å². The van der Waals surface area contributed by atoms with Gasteiger partial charge in [0.15, 0.2) is 0 Å². The lowest BCUT2D eigenvalue weighted by Gasteiger charge is -2.03.